The number of rotatable bonds is 2. The third-order valence-corrected chi connectivity index (χ3v) is 2.74. The number of benzene rings is 1. The zero-order valence-electron chi connectivity index (χ0n) is 7.88. The van der Waals surface area contributed by atoms with Crippen molar-refractivity contribution in [2.45, 2.75) is 6.54 Å². The van der Waals surface area contributed by atoms with E-state index >= 15 is 0 Å². The summed E-state index contributed by atoms with van der Waals surface area (Å²) in [6.07, 6.45) is 0. The van der Waals surface area contributed by atoms with Gasteiger partial charge in [0.25, 0.3) is 0 Å². The van der Waals surface area contributed by atoms with Crippen molar-refractivity contribution < 1.29 is 8.91 Å². The molecular formula is C9H6BrClFN3O. The highest BCUT2D eigenvalue weighted by molar-refractivity contribution is 9.10. The van der Waals surface area contributed by atoms with Crippen LogP contribution in [0.3, 0.4) is 0 Å². The fraction of sp³-hybridized carbons (Fsp3) is 0.111. The van der Waals surface area contributed by atoms with Gasteiger partial charge in [0.05, 0.1) is 16.0 Å². The molecule has 0 saturated heterocycles. The van der Waals surface area contributed by atoms with Crippen LogP contribution < -0.4 is 5.73 Å². The minimum absolute atomic E-state index is 0.0107. The molecule has 16 heavy (non-hydrogen) atoms. The molecule has 0 bridgehead atoms. The Labute approximate surface area is 104 Å². The van der Waals surface area contributed by atoms with Crippen LogP contribution in [-0.2, 0) is 6.54 Å². The maximum atomic E-state index is 13.2. The van der Waals surface area contributed by atoms with Crippen molar-refractivity contribution in [2.75, 3.05) is 0 Å². The van der Waals surface area contributed by atoms with Gasteiger partial charge in [-0.2, -0.15) is 4.98 Å². The lowest BCUT2D eigenvalue weighted by Gasteiger charge is -2.00. The molecule has 2 N–H and O–H groups in total. The summed E-state index contributed by atoms with van der Waals surface area (Å²) in [5.41, 5.74) is 5.89. The molecule has 0 unspecified atom stereocenters. The zero-order valence-corrected chi connectivity index (χ0v) is 10.2. The van der Waals surface area contributed by atoms with E-state index in [-0.39, 0.29) is 16.0 Å². The summed E-state index contributed by atoms with van der Waals surface area (Å²) in [5.74, 6) is 0.113. The number of hydrogen-bond donors (Lipinski definition) is 1. The summed E-state index contributed by atoms with van der Waals surface area (Å²) in [6.45, 7) is 0.156. The molecule has 0 spiro atoms. The number of halogens is 3. The van der Waals surface area contributed by atoms with E-state index in [1.165, 1.54) is 12.1 Å². The van der Waals surface area contributed by atoms with E-state index in [1.807, 2.05) is 0 Å². The molecule has 1 heterocycles. The highest BCUT2D eigenvalue weighted by Gasteiger charge is 2.12. The molecule has 1 aromatic carbocycles. The molecular weight excluding hydrogens is 300 g/mol. The lowest BCUT2D eigenvalue weighted by atomic mass is 10.2. The van der Waals surface area contributed by atoms with E-state index in [0.29, 0.717) is 17.3 Å². The Morgan fingerprint density at radius 2 is 2.25 bits per heavy atom. The molecule has 1 aromatic heterocycles. The lowest BCUT2D eigenvalue weighted by molar-refractivity contribution is 0.380. The van der Waals surface area contributed by atoms with E-state index in [1.54, 1.807) is 0 Å². The van der Waals surface area contributed by atoms with Gasteiger partial charge in [0.2, 0.25) is 11.7 Å². The summed E-state index contributed by atoms with van der Waals surface area (Å²) in [7, 11) is 0. The molecule has 0 aliphatic heterocycles. The first-order chi connectivity index (χ1) is 7.61. The van der Waals surface area contributed by atoms with Crippen molar-refractivity contribution in [3.8, 4) is 11.4 Å². The Bertz CT molecular complexity index is 508. The van der Waals surface area contributed by atoms with Crippen LogP contribution in [0.5, 0.6) is 0 Å². The molecule has 0 fully saturated rings. The smallest absolute Gasteiger partial charge is 0.240 e. The van der Waals surface area contributed by atoms with Crippen molar-refractivity contribution in [2.24, 2.45) is 5.73 Å². The average molecular weight is 307 g/mol. The Hall–Kier alpha value is -0.980. The first-order valence-corrected chi connectivity index (χ1v) is 5.46. The molecule has 2 aromatic rings. The van der Waals surface area contributed by atoms with Gasteiger partial charge in [-0.1, -0.05) is 16.8 Å². The Kier molecular flexibility index (Phi) is 3.22. The summed E-state index contributed by atoms with van der Waals surface area (Å²) in [4.78, 5) is 4.01. The van der Waals surface area contributed by atoms with Gasteiger partial charge in [0, 0.05) is 5.56 Å². The van der Waals surface area contributed by atoms with Crippen LogP contribution in [0, 0.1) is 5.82 Å². The standard InChI is InChI=1S/C9H6BrClFN3O/c10-5-1-4(2-6(11)8(5)12)9-14-7(3-13)16-15-9/h1-2H,3,13H2. The number of aromatic nitrogens is 2. The van der Waals surface area contributed by atoms with Gasteiger partial charge in [-0.3, -0.25) is 0 Å². The largest absolute Gasteiger partial charge is 0.338 e. The molecule has 0 atom stereocenters. The molecule has 0 radical (unpaired) electrons. The van der Waals surface area contributed by atoms with Crippen molar-refractivity contribution in [1.29, 1.82) is 0 Å². The van der Waals surface area contributed by atoms with Crippen LogP contribution >= 0.6 is 27.5 Å². The third-order valence-electron chi connectivity index (χ3n) is 1.88. The van der Waals surface area contributed by atoms with Crippen LogP contribution in [0.2, 0.25) is 5.02 Å². The SMILES string of the molecule is NCc1nc(-c2cc(Cl)c(F)c(Br)c2)no1. The first-order valence-electron chi connectivity index (χ1n) is 4.29. The third kappa shape index (κ3) is 2.09. The van der Waals surface area contributed by atoms with Crippen LogP contribution in [0.1, 0.15) is 5.89 Å². The Morgan fingerprint density at radius 3 is 2.81 bits per heavy atom. The Balaban J connectivity index is 2.48. The fourth-order valence-corrected chi connectivity index (χ4v) is 1.93. The van der Waals surface area contributed by atoms with Gasteiger partial charge in [0.15, 0.2) is 5.82 Å². The molecule has 7 heteroatoms. The van der Waals surface area contributed by atoms with Crippen molar-refractivity contribution in [1.82, 2.24) is 10.1 Å². The van der Waals surface area contributed by atoms with Gasteiger partial charge in [-0.05, 0) is 28.1 Å². The maximum absolute atomic E-state index is 13.2. The summed E-state index contributed by atoms with van der Waals surface area (Å²) in [6, 6.07) is 2.94. The Morgan fingerprint density at radius 1 is 1.50 bits per heavy atom. The van der Waals surface area contributed by atoms with E-state index in [9.17, 15) is 4.39 Å². The maximum Gasteiger partial charge on any atom is 0.240 e. The predicted molar refractivity (Wildman–Crippen MR) is 60.3 cm³/mol. The molecule has 84 valence electrons. The van der Waals surface area contributed by atoms with Gasteiger partial charge < -0.3 is 10.3 Å². The molecule has 0 amide bonds. The minimum Gasteiger partial charge on any atom is -0.338 e. The van der Waals surface area contributed by atoms with Crippen molar-refractivity contribution in [3.63, 3.8) is 0 Å². The van der Waals surface area contributed by atoms with E-state index in [0.717, 1.165) is 0 Å². The quantitative estimate of drug-likeness (QED) is 0.867. The number of nitrogens with two attached hydrogens (primary N) is 1. The molecule has 0 saturated carbocycles. The van der Waals surface area contributed by atoms with E-state index in [2.05, 4.69) is 26.1 Å². The van der Waals surface area contributed by atoms with Gasteiger partial charge in [-0.25, -0.2) is 4.39 Å². The van der Waals surface area contributed by atoms with Crippen LogP contribution in [0.25, 0.3) is 11.4 Å². The zero-order chi connectivity index (χ0) is 11.7. The highest BCUT2D eigenvalue weighted by atomic mass is 79.9. The van der Waals surface area contributed by atoms with Crippen molar-refractivity contribution >= 4 is 27.5 Å². The van der Waals surface area contributed by atoms with Crippen LogP contribution in [-0.4, -0.2) is 10.1 Å². The predicted octanol–water partition coefficient (Wildman–Crippen LogP) is 2.75. The molecule has 0 aliphatic rings. The van der Waals surface area contributed by atoms with Crippen molar-refractivity contribution in [3.05, 3.63) is 33.3 Å². The van der Waals surface area contributed by atoms with Gasteiger partial charge in [0.1, 0.15) is 0 Å². The highest BCUT2D eigenvalue weighted by Crippen LogP contribution is 2.29. The monoisotopic (exact) mass is 305 g/mol. The van der Waals surface area contributed by atoms with E-state index in [4.69, 9.17) is 21.9 Å². The fourth-order valence-electron chi connectivity index (χ4n) is 1.14. The normalized spacial score (nSPS) is 10.8. The summed E-state index contributed by atoms with van der Waals surface area (Å²) < 4.78 is 18.3. The minimum atomic E-state index is -0.520. The van der Waals surface area contributed by atoms with Gasteiger partial charge >= 0.3 is 0 Å². The second-order valence-electron chi connectivity index (χ2n) is 2.97. The van der Waals surface area contributed by atoms with Crippen LogP contribution in [0.15, 0.2) is 21.1 Å². The average Bonchev–Trinajstić information content (AvgIpc) is 2.73. The van der Waals surface area contributed by atoms with Gasteiger partial charge in [-0.15, -0.1) is 0 Å². The van der Waals surface area contributed by atoms with E-state index < -0.39 is 5.82 Å². The lowest BCUT2D eigenvalue weighted by Crippen LogP contribution is -1.95. The number of nitrogens with zero attached hydrogens (tertiary/aromatic N) is 2. The summed E-state index contributed by atoms with van der Waals surface area (Å²) >= 11 is 8.74. The molecule has 2 rings (SSSR count). The topological polar surface area (TPSA) is 64.9 Å². The first kappa shape index (κ1) is 11.5. The number of hydrogen-bond acceptors (Lipinski definition) is 4. The molecule has 4 nitrogen and oxygen atoms in total. The molecule has 0 aliphatic carbocycles. The van der Waals surface area contributed by atoms with Crippen LogP contribution in [0.4, 0.5) is 4.39 Å². The second kappa shape index (κ2) is 4.48. The second-order valence-corrected chi connectivity index (χ2v) is 4.23. The summed E-state index contributed by atoms with van der Waals surface area (Å²) in [5, 5.41) is 3.69.